The largest absolute Gasteiger partial charge is 0.633 e. The molecule has 5 aliphatic heterocycles. The smallest absolute Gasteiger partial charge is 0.344 e. The van der Waals surface area contributed by atoms with Gasteiger partial charge in [0.25, 0.3) is 0 Å². The van der Waals surface area contributed by atoms with Crippen LogP contribution in [0.3, 0.4) is 0 Å². The van der Waals surface area contributed by atoms with Gasteiger partial charge in [-0.2, -0.15) is 0 Å². The molecule has 61 heavy (non-hydrogen) atoms. The summed E-state index contributed by atoms with van der Waals surface area (Å²) in [6.45, 7) is 6.48. The Labute approximate surface area is 354 Å². The summed E-state index contributed by atoms with van der Waals surface area (Å²) >= 11 is 0. The summed E-state index contributed by atoms with van der Waals surface area (Å²) in [5.41, 5.74) is -4.32. The molecule has 326 valence electrons. The first-order chi connectivity index (χ1) is 29.1. The Kier molecular flexibility index (Phi) is 9.61. The molecule has 15 heteroatoms. The normalized spacial score (nSPS) is 37.3. The second-order valence-electron chi connectivity index (χ2n) is 18.5. The second-order valence-corrected chi connectivity index (χ2v) is 18.5. The lowest BCUT2D eigenvalue weighted by Gasteiger charge is -2.63. The highest BCUT2D eigenvalue weighted by Crippen LogP contribution is 2.68. The summed E-state index contributed by atoms with van der Waals surface area (Å²) in [6, 6.07) is 9.49. The van der Waals surface area contributed by atoms with Crippen molar-refractivity contribution in [1.29, 1.82) is 0 Å². The molecule has 1 spiro atoms. The number of aromatic amines is 1. The third-order valence-corrected chi connectivity index (χ3v) is 15.7. The van der Waals surface area contributed by atoms with Crippen molar-refractivity contribution in [3.05, 3.63) is 76.1 Å². The number of amides is 1. The van der Waals surface area contributed by atoms with Crippen LogP contribution < -0.4 is 9.64 Å². The number of quaternary nitrogens is 1. The molecule has 2 bridgehead atoms. The van der Waals surface area contributed by atoms with E-state index in [0.29, 0.717) is 67.7 Å². The number of ether oxygens (including phenoxy) is 4. The maximum atomic E-state index is 15.3. The zero-order valence-corrected chi connectivity index (χ0v) is 35.7. The lowest BCUT2D eigenvalue weighted by Crippen LogP contribution is -2.81. The molecule has 6 heterocycles. The van der Waals surface area contributed by atoms with Gasteiger partial charge in [-0.25, -0.2) is 4.79 Å². The Morgan fingerprint density at radius 3 is 2.44 bits per heavy atom. The molecule has 2 saturated heterocycles. The van der Waals surface area contributed by atoms with Gasteiger partial charge < -0.3 is 48.9 Å². The summed E-state index contributed by atoms with van der Waals surface area (Å²) in [6.07, 6.45) is 4.80. The zero-order valence-electron chi connectivity index (χ0n) is 35.7. The number of piperidine rings is 1. The van der Waals surface area contributed by atoms with Gasteiger partial charge >= 0.3 is 17.9 Å². The van der Waals surface area contributed by atoms with Gasteiger partial charge in [-0.05, 0) is 61.9 Å². The minimum Gasteiger partial charge on any atom is -0.633 e. The fourth-order valence-electron chi connectivity index (χ4n) is 13.6. The van der Waals surface area contributed by atoms with Crippen LogP contribution in [0.5, 0.6) is 5.75 Å². The van der Waals surface area contributed by atoms with Crippen LogP contribution >= 0.6 is 0 Å². The van der Waals surface area contributed by atoms with E-state index in [2.05, 4.69) is 9.88 Å². The number of rotatable bonds is 8. The van der Waals surface area contributed by atoms with Crippen molar-refractivity contribution < 1.29 is 53.0 Å². The van der Waals surface area contributed by atoms with Gasteiger partial charge in [-0.3, -0.25) is 19.3 Å². The molecule has 1 aliphatic carbocycles. The van der Waals surface area contributed by atoms with Crippen LogP contribution in [0.15, 0.2) is 48.6 Å². The first-order valence-corrected chi connectivity index (χ1v) is 21.4. The Balaban J connectivity index is 1.38. The molecule has 1 aromatic heterocycles. The number of benzene rings is 2. The number of aliphatic hydroxyl groups is 2. The Morgan fingerprint density at radius 2 is 1.77 bits per heavy atom. The fraction of sp³-hybridized carbons (Fsp3) is 0.565. The summed E-state index contributed by atoms with van der Waals surface area (Å²) in [5, 5.41) is 40.9. The average molecular weight is 841 g/mol. The summed E-state index contributed by atoms with van der Waals surface area (Å²) in [5.74, 6) is -2.58. The molecular weight excluding hydrogens is 785 g/mol. The Bertz CT molecular complexity index is 2370. The number of carbonyl (C=O) groups excluding carboxylic acids is 4. The molecule has 3 aromatic rings. The fourth-order valence-corrected chi connectivity index (χ4v) is 13.6. The number of hydrogen-bond acceptors (Lipinski definition) is 12. The molecule has 1 amide bonds. The first kappa shape index (κ1) is 41.5. The van der Waals surface area contributed by atoms with E-state index in [1.165, 1.54) is 26.0 Å². The molecule has 2 unspecified atom stereocenters. The maximum Gasteiger partial charge on any atom is 0.344 e. The lowest BCUT2D eigenvalue weighted by molar-refractivity contribution is -0.896. The number of aromatic nitrogens is 1. The van der Waals surface area contributed by atoms with E-state index < -0.39 is 74.1 Å². The number of fused-ring (bicyclic) bond motifs is 6. The van der Waals surface area contributed by atoms with Crippen LogP contribution in [0, 0.1) is 16.5 Å². The van der Waals surface area contributed by atoms with E-state index in [9.17, 15) is 29.8 Å². The van der Waals surface area contributed by atoms with Crippen molar-refractivity contribution in [3.63, 3.8) is 0 Å². The van der Waals surface area contributed by atoms with Crippen molar-refractivity contribution in [3.8, 4) is 5.75 Å². The Hall–Kier alpha value is -4.80. The number of hydrogen-bond donors (Lipinski definition) is 3. The predicted molar refractivity (Wildman–Crippen MR) is 222 cm³/mol. The number of esters is 3. The summed E-state index contributed by atoms with van der Waals surface area (Å²) in [4.78, 5) is 63.7. The quantitative estimate of drug-likeness (QED) is 0.0749. The van der Waals surface area contributed by atoms with Crippen LogP contribution in [-0.4, -0.2) is 133 Å². The number of hydroxylamine groups is 3. The molecule has 0 radical (unpaired) electrons. The number of H-pyrrole nitrogens is 1. The van der Waals surface area contributed by atoms with E-state index in [4.69, 9.17) is 18.9 Å². The number of anilines is 1. The van der Waals surface area contributed by atoms with Crippen molar-refractivity contribution in [2.75, 3.05) is 59.0 Å². The lowest BCUT2D eigenvalue weighted by atomic mass is 9.47. The number of nitrogens with zero attached hydrogens (tertiary/aromatic N) is 3. The summed E-state index contributed by atoms with van der Waals surface area (Å²) in [7, 11) is 3.97. The van der Waals surface area contributed by atoms with Gasteiger partial charge in [-0.15, -0.1) is 0 Å². The number of methoxy groups -OCH3 is 3. The van der Waals surface area contributed by atoms with Gasteiger partial charge in [0.2, 0.25) is 12.0 Å². The third-order valence-electron chi connectivity index (χ3n) is 15.7. The minimum absolute atomic E-state index is 0.0411. The molecule has 6 aliphatic rings. The molecule has 1 saturated carbocycles. The standard InChI is InChI=1S/C46H56N4O11/c1-7-42(55)22-28-23-45(40(53)59-5,36-30(14-19-50(57,24-28)25-42)29-12-9-10-13-33(29)47-36)32-20-31-34(21-35(32)58-4)49(26-51)38-44(31)16-18-48-17-11-15-43(8-2,37(44)48)39(61-27(3)52)46(38,56)41(54)60-6/h9-13,15,20-21,26,28,37-39,47,55-56H,7-8,14,16-19,22-25H2,1-6H3/t28?,37-,38+,39+,42-,43+,44+,45-,46-,50?/m0/s1. The highest BCUT2D eigenvalue weighted by atomic mass is 16.6. The van der Waals surface area contributed by atoms with Crippen LogP contribution in [-0.2, 0) is 50.6 Å². The van der Waals surface area contributed by atoms with Crippen LogP contribution in [0.1, 0.15) is 75.3 Å². The molecule has 2 aromatic carbocycles. The van der Waals surface area contributed by atoms with Gasteiger partial charge in [-0.1, -0.05) is 44.2 Å². The minimum atomic E-state index is -2.57. The predicted octanol–water partition coefficient (Wildman–Crippen LogP) is 3.53. The zero-order chi connectivity index (χ0) is 43.5. The van der Waals surface area contributed by atoms with Gasteiger partial charge in [0, 0.05) is 70.9 Å². The Morgan fingerprint density at radius 1 is 1.02 bits per heavy atom. The van der Waals surface area contributed by atoms with Gasteiger partial charge in [0.05, 0.1) is 46.1 Å². The molecule has 10 atom stereocenters. The van der Waals surface area contributed by atoms with E-state index in [0.717, 1.165) is 23.6 Å². The van der Waals surface area contributed by atoms with E-state index in [-0.39, 0.29) is 38.2 Å². The topological polar surface area (TPSA) is 191 Å². The van der Waals surface area contributed by atoms with Crippen molar-refractivity contribution in [2.45, 2.75) is 99.5 Å². The number of nitrogens with one attached hydrogen (secondary N) is 1. The van der Waals surface area contributed by atoms with Crippen molar-refractivity contribution in [1.82, 2.24) is 9.88 Å². The van der Waals surface area contributed by atoms with E-state index in [1.807, 2.05) is 56.3 Å². The molecule has 3 fully saturated rings. The molecular formula is C46H56N4O11. The third kappa shape index (κ3) is 5.39. The molecule has 9 rings (SSSR count). The molecule has 15 nitrogen and oxygen atoms in total. The van der Waals surface area contributed by atoms with Crippen LogP contribution in [0.25, 0.3) is 10.9 Å². The van der Waals surface area contributed by atoms with E-state index >= 15 is 4.79 Å². The van der Waals surface area contributed by atoms with Gasteiger partial charge in [0.15, 0.2) is 6.10 Å². The van der Waals surface area contributed by atoms with Gasteiger partial charge in [0.1, 0.15) is 23.3 Å². The average Bonchev–Trinajstić information content (AvgIpc) is 3.92. The van der Waals surface area contributed by atoms with Crippen LogP contribution in [0.2, 0.25) is 0 Å². The van der Waals surface area contributed by atoms with Crippen LogP contribution in [0.4, 0.5) is 5.69 Å². The first-order valence-electron chi connectivity index (χ1n) is 21.4. The highest BCUT2D eigenvalue weighted by Gasteiger charge is 2.81. The number of carbonyl (C=O) groups is 4. The summed E-state index contributed by atoms with van der Waals surface area (Å²) < 4.78 is 23.0. The van der Waals surface area contributed by atoms with Crippen molar-refractivity contribution >= 4 is 40.9 Å². The highest BCUT2D eigenvalue weighted by molar-refractivity contribution is 5.96. The maximum absolute atomic E-state index is 15.3. The monoisotopic (exact) mass is 840 g/mol. The van der Waals surface area contributed by atoms with E-state index in [1.54, 1.807) is 6.07 Å². The van der Waals surface area contributed by atoms with Crippen molar-refractivity contribution in [2.24, 2.45) is 11.3 Å². The number of para-hydroxylation sites is 1. The molecule has 3 N–H and O–H groups in total. The second kappa shape index (κ2) is 14.1. The SMILES string of the molecule is CC[C@]1(O)CC2C[C@](C(=O)OC)(c3cc4c(cc3OC)N(C=O)[C@H]3[C@@](O)(C(=O)OC)[C@H](OC(C)=O)[C@]5(CC)C=CCN6CC[C@]43[C@@H]65)c3[nH]c4ccccc4c3CC[N+]([O-])(C2)C1.